The molecule has 76 valence electrons. The van der Waals surface area contributed by atoms with Gasteiger partial charge in [0.05, 0.1) is 0 Å². The van der Waals surface area contributed by atoms with Gasteiger partial charge in [-0.05, 0) is 35.9 Å². The number of hydrogen-bond donors (Lipinski definition) is 1. The largest absolute Gasteiger partial charge is 0.507 e. The van der Waals surface area contributed by atoms with Gasteiger partial charge in [-0.25, -0.2) is 0 Å². The Kier molecular flexibility index (Phi) is 2.98. The Morgan fingerprint density at radius 2 is 1.67 bits per heavy atom. The minimum absolute atomic E-state index is 0.256. The van der Waals surface area contributed by atoms with E-state index >= 15 is 0 Å². The van der Waals surface area contributed by atoms with Crippen LogP contribution in [0.2, 0.25) is 5.02 Å². The highest BCUT2D eigenvalue weighted by atomic mass is 79.9. The van der Waals surface area contributed by atoms with Gasteiger partial charge in [-0.15, -0.1) is 0 Å². The van der Waals surface area contributed by atoms with Crippen molar-refractivity contribution in [2.24, 2.45) is 0 Å². The Labute approximate surface area is 101 Å². The number of halogens is 2. The molecule has 1 N–H and O–H groups in total. The van der Waals surface area contributed by atoms with E-state index in [-0.39, 0.29) is 5.75 Å². The fourth-order valence-corrected chi connectivity index (χ4v) is 1.85. The molecule has 0 radical (unpaired) electrons. The van der Waals surface area contributed by atoms with Crippen molar-refractivity contribution in [1.82, 2.24) is 0 Å². The van der Waals surface area contributed by atoms with Crippen molar-refractivity contribution < 1.29 is 5.11 Å². The maximum atomic E-state index is 9.75. The van der Waals surface area contributed by atoms with E-state index in [1.54, 1.807) is 18.2 Å². The zero-order chi connectivity index (χ0) is 10.8. The van der Waals surface area contributed by atoms with Crippen molar-refractivity contribution in [2.45, 2.75) is 0 Å². The van der Waals surface area contributed by atoms with E-state index in [9.17, 15) is 5.11 Å². The fourth-order valence-electron chi connectivity index (χ4n) is 1.38. The molecule has 3 heteroatoms. The first-order valence-electron chi connectivity index (χ1n) is 4.41. The molecular formula is C12H8BrClO. The van der Waals surface area contributed by atoms with Gasteiger partial charge in [0.1, 0.15) is 5.75 Å². The summed E-state index contributed by atoms with van der Waals surface area (Å²) < 4.78 is 0.859. The van der Waals surface area contributed by atoms with Crippen molar-refractivity contribution in [3.8, 4) is 16.9 Å². The lowest BCUT2D eigenvalue weighted by Crippen LogP contribution is -1.78. The summed E-state index contributed by atoms with van der Waals surface area (Å²) in [5.74, 6) is 0.256. The van der Waals surface area contributed by atoms with Crippen LogP contribution in [0.4, 0.5) is 0 Å². The zero-order valence-electron chi connectivity index (χ0n) is 7.74. The van der Waals surface area contributed by atoms with Crippen LogP contribution < -0.4 is 0 Å². The number of rotatable bonds is 1. The lowest BCUT2D eigenvalue weighted by molar-refractivity contribution is 0.477. The van der Waals surface area contributed by atoms with Crippen LogP contribution in [0, 0.1) is 0 Å². The Balaban J connectivity index is 2.49. The quantitative estimate of drug-likeness (QED) is 0.818. The van der Waals surface area contributed by atoms with Crippen LogP contribution >= 0.6 is 27.5 Å². The number of aromatic hydroxyl groups is 1. The zero-order valence-corrected chi connectivity index (χ0v) is 10.1. The second kappa shape index (κ2) is 4.25. The second-order valence-electron chi connectivity index (χ2n) is 3.17. The molecule has 2 aromatic carbocycles. The normalized spacial score (nSPS) is 10.3. The summed E-state index contributed by atoms with van der Waals surface area (Å²) in [5, 5.41) is 10.4. The average Bonchev–Trinajstić information content (AvgIpc) is 2.20. The van der Waals surface area contributed by atoms with Crippen LogP contribution in [-0.2, 0) is 0 Å². The molecule has 0 spiro atoms. The lowest BCUT2D eigenvalue weighted by atomic mass is 10.1. The first-order chi connectivity index (χ1) is 7.16. The highest BCUT2D eigenvalue weighted by Gasteiger charge is 2.04. The molecular weight excluding hydrogens is 275 g/mol. The van der Waals surface area contributed by atoms with Crippen molar-refractivity contribution in [3.63, 3.8) is 0 Å². The van der Waals surface area contributed by atoms with Gasteiger partial charge in [-0.3, -0.25) is 0 Å². The van der Waals surface area contributed by atoms with E-state index < -0.39 is 0 Å². The molecule has 0 aliphatic carbocycles. The van der Waals surface area contributed by atoms with E-state index in [0.29, 0.717) is 5.02 Å². The third-order valence-corrected chi connectivity index (χ3v) is 2.86. The molecule has 0 amide bonds. The third kappa shape index (κ3) is 2.33. The van der Waals surface area contributed by atoms with Crippen molar-refractivity contribution in [1.29, 1.82) is 0 Å². The molecule has 1 nitrogen and oxygen atoms in total. The molecule has 0 saturated carbocycles. The van der Waals surface area contributed by atoms with Crippen LogP contribution in [0.15, 0.2) is 46.9 Å². The topological polar surface area (TPSA) is 20.2 Å². The van der Waals surface area contributed by atoms with Gasteiger partial charge in [0.25, 0.3) is 0 Å². The van der Waals surface area contributed by atoms with E-state index in [0.717, 1.165) is 15.6 Å². The number of hydrogen-bond acceptors (Lipinski definition) is 1. The highest BCUT2D eigenvalue weighted by molar-refractivity contribution is 9.10. The summed E-state index contributed by atoms with van der Waals surface area (Å²) in [4.78, 5) is 0. The Morgan fingerprint density at radius 3 is 2.27 bits per heavy atom. The standard InChI is InChI=1S/C12H8BrClO/c13-9-3-6-11(12(15)7-9)8-1-4-10(14)5-2-8/h1-7,15H. The Hall–Kier alpha value is -0.990. The van der Waals surface area contributed by atoms with Crippen molar-refractivity contribution in [2.75, 3.05) is 0 Å². The maximum absolute atomic E-state index is 9.75. The van der Waals surface area contributed by atoms with Crippen LogP contribution in [0.25, 0.3) is 11.1 Å². The van der Waals surface area contributed by atoms with Gasteiger partial charge in [-0.1, -0.05) is 39.7 Å². The van der Waals surface area contributed by atoms with Crippen molar-refractivity contribution >= 4 is 27.5 Å². The first kappa shape index (κ1) is 10.5. The fraction of sp³-hybridized carbons (Fsp3) is 0. The maximum Gasteiger partial charge on any atom is 0.124 e. The van der Waals surface area contributed by atoms with Crippen LogP contribution in [0.1, 0.15) is 0 Å². The van der Waals surface area contributed by atoms with Crippen molar-refractivity contribution in [3.05, 3.63) is 52.0 Å². The van der Waals surface area contributed by atoms with Gasteiger partial charge < -0.3 is 5.11 Å². The van der Waals surface area contributed by atoms with Crippen LogP contribution in [0.3, 0.4) is 0 Å². The molecule has 0 aliphatic heterocycles. The summed E-state index contributed by atoms with van der Waals surface area (Å²) in [7, 11) is 0. The molecule has 0 atom stereocenters. The SMILES string of the molecule is Oc1cc(Br)ccc1-c1ccc(Cl)cc1. The van der Waals surface area contributed by atoms with E-state index in [1.165, 1.54) is 0 Å². The van der Waals surface area contributed by atoms with E-state index in [4.69, 9.17) is 11.6 Å². The minimum atomic E-state index is 0.256. The van der Waals surface area contributed by atoms with Gasteiger partial charge in [0.15, 0.2) is 0 Å². The predicted octanol–water partition coefficient (Wildman–Crippen LogP) is 4.48. The number of phenols is 1. The smallest absolute Gasteiger partial charge is 0.124 e. The molecule has 0 saturated heterocycles. The summed E-state index contributed by atoms with van der Waals surface area (Å²) in [6.07, 6.45) is 0. The molecule has 0 fully saturated rings. The molecule has 0 bridgehead atoms. The summed E-state index contributed by atoms with van der Waals surface area (Å²) in [6.45, 7) is 0. The lowest BCUT2D eigenvalue weighted by Gasteiger charge is -2.05. The van der Waals surface area contributed by atoms with Gasteiger partial charge in [0, 0.05) is 15.1 Å². The summed E-state index contributed by atoms with van der Waals surface area (Å²) >= 11 is 9.09. The molecule has 2 aromatic rings. The Bertz CT molecular complexity index is 479. The summed E-state index contributed by atoms with van der Waals surface area (Å²) in [6, 6.07) is 12.8. The van der Waals surface area contributed by atoms with Gasteiger partial charge in [0.2, 0.25) is 0 Å². The van der Waals surface area contributed by atoms with Crippen LogP contribution in [-0.4, -0.2) is 5.11 Å². The number of phenolic OH excluding ortho intramolecular Hbond substituents is 1. The molecule has 0 unspecified atom stereocenters. The van der Waals surface area contributed by atoms with Gasteiger partial charge in [-0.2, -0.15) is 0 Å². The predicted molar refractivity (Wildman–Crippen MR) is 66.3 cm³/mol. The average molecular weight is 284 g/mol. The third-order valence-electron chi connectivity index (χ3n) is 2.12. The minimum Gasteiger partial charge on any atom is -0.507 e. The molecule has 2 rings (SSSR count). The molecule has 0 aliphatic rings. The van der Waals surface area contributed by atoms with Gasteiger partial charge >= 0.3 is 0 Å². The number of benzene rings is 2. The monoisotopic (exact) mass is 282 g/mol. The molecule has 0 heterocycles. The van der Waals surface area contributed by atoms with Crippen LogP contribution in [0.5, 0.6) is 5.75 Å². The van der Waals surface area contributed by atoms with E-state index in [2.05, 4.69) is 15.9 Å². The molecule has 15 heavy (non-hydrogen) atoms. The summed E-state index contributed by atoms with van der Waals surface area (Å²) in [5.41, 5.74) is 1.75. The Morgan fingerprint density at radius 1 is 1.00 bits per heavy atom. The van der Waals surface area contributed by atoms with E-state index in [1.807, 2.05) is 24.3 Å². The first-order valence-corrected chi connectivity index (χ1v) is 5.58. The highest BCUT2D eigenvalue weighted by Crippen LogP contribution is 2.31. The second-order valence-corrected chi connectivity index (χ2v) is 4.52. The molecule has 0 aromatic heterocycles.